The number of pyridine rings is 1. The van der Waals surface area contributed by atoms with Crippen molar-refractivity contribution < 1.29 is 4.74 Å². The molecular formula is C14H18N4O. The summed E-state index contributed by atoms with van der Waals surface area (Å²) in [7, 11) is 0. The molecule has 1 atom stereocenters. The Morgan fingerprint density at radius 2 is 2.37 bits per heavy atom. The summed E-state index contributed by atoms with van der Waals surface area (Å²) >= 11 is 0. The number of hydrogen-bond acceptors (Lipinski definition) is 4. The molecule has 1 fully saturated rings. The third kappa shape index (κ3) is 2.76. The molecule has 5 heteroatoms. The number of imidazole rings is 1. The maximum atomic E-state index is 5.36. The van der Waals surface area contributed by atoms with Gasteiger partial charge in [0.05, 0.1) is 18.5 Å². The van der Waals surface area contributed by atoms with Crippen molar-refractivity contribution in [1.82, 2.24) is 14.5 Å². The third-order valence-corrected chi connectivity index (χ3v) is 3.44. The lowest BCUT2D eigenvalue weighted by molar-refractivity contribution is 0.187. The van der Waals surface area contributed by atoms with Crippen LogP contribution in [0.4, 0.5) is 5.69 Å². The topological polar surface area (TPSA) is 52.0 Å². The number of hydrogen-bond donors (Lipinski definition) is 1. The van der Waals surface area contributed by atoms with E-state index in [1.165, 1.54) is 0 Å². The SMILES string of the molecule is Cc1nccn1-c1ccc(NCC2CCOC2)cn1. The van der Waals surface area contributed by atoms with Crippen molar-refractivity contribution in [1.29, 1.82) is 0 Å². The summed E-state index contributed by atoms with van der Waals surface area (Å²) in [5, 5.41) is 3.41. The van der Waals surface area contributed by atoms with Gasteiger partial charge in [-0.15, -0.1) is 0 Å². The normalized spacial score (nSPS) is 18.7. The zero-order valence-corrected chi connectivity index (χ0v) is 11.0. The molecule has 2 aromatic rings. The highest BCUT2D eigenvalue weighted by atomic mass is 16.5. The largest absolute Gasteiger partial charge is 0.383 e. The molecule has 1 N–H and O–H groups in total. The van der Waals surface area contributed by atoms with Gasteiger partial charge < -0.3 is 10.1 Å². The lowest BCUT2D eigenvalue weighted by Crippen LogP contribution is -2.14. The molecule has 0 spiro atoms. The second-order valence-corrected chi connectivity index (χ2v) is 4.86. The van der Waals surface area contributed by atoms with E-state index in [4.69, 9.17) is 4.74 Å². The molecule has 1 aliphatic heterocycles. The Hall–Kier alpha value is -1.88. The minimum Gasteiger partial charge on any atom is -0.383 e. The molecule has 1 unspecified atom stereocenters. The molecule has 0 amide bonds. The Bertz CT molecular complexity index is 529. The van der Waals surface area contributed by atoms with Crippen molar-refractivity contribution in [3.8, 4) is 5.82 Å². The Balaban J connectivity index is 1.64. The summed E-state index contributed by atoms with van der Waals surface area (Å²) in [6.45, 7) is 4.68. The van der Waals surface area contributed by atoms with E-state index in [1.54, 1.807) is 6.20 Å². The number of aryl methyl sites for hydroxylation is 1. The number of rotatable bonds is 4. The van der Waals surface area contributed by atoms with Gasteiger partial charge in [0, 0.05) is 31.5 Å². The van der Waals surface area contributed by atoms with Gasteiger partial charge in [0.2, 0.25) is 0 Å². The Kier molecular flexibility index (Phi) is 3.46. The van der Waals surface area contributed by atoms with E-state index in [2.05, 4.69) is 21.4 Å². The van der Waals surface area contributed by atoms with Gasteiger partial charge in [-0.05, 0) is 25.5 Å². The fourth-order valence-electron chi connectivity index (χ4n) is 2.26. The van der Waals surface area contributed by atoms with Crippen molar-refractivity contribution in [2.75, 3.05) is 25.1 Å². The molecule has 0 aliphatic carbocycles. The number of nitrogens with zero attached hydrogens (tertiary/aromatic N) is 3. The first kappa shape index (κ1) is 12.2. The molecule has 0 aromatic carbocycles. The lowest BCUT2D eigenvalue weighted by Gasteiger charge is -2.11. The van der Waals surface area contributed by atoms with Crippen LogP contribution in [0, 0.1) is 12.8 Å². The number of ether oxygens (including phenoxy) is 1. The molecule has 3 rings (SSSR count). The van der Waals surface area contributed by atoms with Gasteiger partial charge in [0.25, 0.3) is 0 Å². The average molecular weight is 258 g/mol. The molecule has 5 nitrogen and oxygen atoms in total. The van der Waals surface area contributed by atoms with Crippen molar-refractivity contribution in [3.05, 3.63) is 36.5 Å². The fourth-order valence-corrected chi connectivity index (χ4v) is 2.26. The smallest absolute Gasteiger partial charge is 0.138 e. The summed E-state index contributed by atoms with van der Waals surface area (Å²) in [4.78, 5) is 8.65. The highest BCUT2D eigenvalue weighted by molar-refractivity contribution is 5.43. The summed E-state index contributed by atoms with van der Waals surface area (Å²) in [5.41, 5.74) is 1.05. The highest BCUT2D eigenvalue weighted by Gasteiger charge is 2.14. The standard InChI is InChI=1S/C14H18N4O/c1-11-15-5-6-18(11)14-3-2-13(9-17-14)16-8-12-4-7-19-10-12/h2-3,5-6,9,12,16H,4,7-8,10H2,1H3. The average Bonchev–Trinajstić information content (AvgIpc) is 3.08. The highest BCUT2D eigenvalue weighted by Crippen LogP contribution is 2.15. The van der Waals surface area contributed by atoms with Gasteiger partial charge in [-0.1, -0.05) is 0 Å². The van der Waals surface area contributed by atoms with Crippen molar-refractivity contribution >= 4 is 5.69 Å². The monoisotopic (exact) mass is 258 g/mol. The van der Waals surface area contributed by atoms with Gasteiger partial charge in [-0.2, -0.15) is 0 Å². The molecule has 0 saturated carbocycles. The third-order valence-electron chi connectivity index (χ3n) is 3.44. The molecular weight excluding hydrogens is 240 g/mol. The first-order valence-corrected chi connectivity index (χ1v) is 6.61. The van der Waals surface area contributed by atoms with Crippen molar-refractivity contribution in [2.45, 2.75) is 13.3 Å². The maximum absolute atomic E-state index is 5.36. The summed E-state index contributed by atoms with van der Waals surface area (Å²) < 4.78 is 7.33. The van der Waals surface area contributed by atoms with E-state index >= 15 is 0 Å². The predicted octanol–water partition coefficient (Wildman–Crippen LogP) is 2.02. The van der Waals surface area contributed by atoms with Crippen LogP contribution in [0.2, 0.25) is 0 Å². The van der Waals surface area contributed by atoms with Crippen LogP contribution in [0.25, 0.3) is 5.82 Å². The Morgan fingerprint density at radius 1 is 1.42 bits per heavy atom. The van der Waals surface area contributed by atoms with Gasteiger partial charge in [0.1, 0.15) is 11.6 Å². The number of aromatic nitrogens is 3. The van der Waals surface area contributed by atoms with Crippen LogP contribution in [-0.4, -0.2) is 34.3 Å². The van der Waals surface area contributed by atoms with Crippen LogP contribution >= 0.6 is 0 Å². The second kappa shape index (κ2) is 5.40. The van der Waals surface area contributed by atoms with Crippen LogP contribution in [-0.2, 0) is 4.74 Å². The second-order valence-electron chi connectivity index (χ2n) is 4.86. The van der Waals surface area contributed by atoms with Gasteiger partial charge in [-0.25, -0.2) is 9.97 Å². The molecule has 100 valence electrons. The zero-order valence-electron chi connectivity index (χ0n) is 11.0. The van der Waals surface area contributed by atoms with E-state index < -0.39 is 0 Å². The minimum absolute atomic E-state index is 0.621. The molecule has 1 aliphatic rings. The maximum Gasteiger partial charge on any atom is 0.138 e. The predicted molar refractivity (Wildman–Crippen MR) is 73.5 cm³/mol. The van der Waals surface area contributed by atoms with Crippen LogP contribution in [0.15, 0.2) is 30.7 Å². The molecule has 1 saturated heterocycles. The van der Waals surface area contributed by atoms with E-state index in [1.807, 2.05) is 30.0 Å². The van der Waals surface area contributed by atoms with Gasteiger partial charge >= 0.3 is 0 Å². The van der Waals surface area contributed by atoms with Crippen LogP contribution in [0.1, 0.15) is 12.2 Å². The summed E-state index contributed by atoms with van der Waals surface area (Å²) in [6.07, 6.45) is 6.71. The fraction of sp³-hybridized carbons (Fsp3) is 0.429. The molecule has 3 heterocycles. The van der Waals surface area contributed by atoms with Crippen LogP contribution in [0.3, 0.4) is 0 Å². The zero-order chi connectivity index (χ0) is 13.1. The van der Waals surface area contributed by atoms with Crippen molar-refractivity contribution in [3.63, 3.8) is 0 Å². The molecule has 19 heavy (non-hydrogen) atoms. The van der Waals surface area contributed by atoms with Crippen molar-refractivity contribution in [2.24, 2.45) is 5.92 Å². The quantitative estimate of drug-likeness (QED) is 0.911. The Morgan fingerprint density at radius 3 is 3.00 bits per heavy atom. The lowest BCUT2D eigenvalue weighted by atomic mass is 10.1. The van der Waals surface area contributed by atoms with E-state index in [0.29, 0.717) is 5.92 Å². The first-order valence-electron chi connectivity index (χ1n) is 6.61. The van der Waals surface area contributed by atoms with Crippen LogP contribution < -0.4 is 5.32 Å². The molecule has 0 radical (unpaired) electrons. The molecule has 2 aromatic heterocycles. The molecule has 0 bridgehead atoms. The van der Waals surface area contributed by atoms with Crippen LogP contribution in [0.5, 0.6) is 0 Å². The first-order chi connectivity index (χ1) is 9.33. The van der Waals surface area contributed by atoms with E-state index in [0.717, 1.165) is 43.5 Å². The Labute approximate surface area is 112 Å². The minimum atomic E-state index is 0.621. The van der Waals surface area contributed by atoms with Gasteiger partial charge in [0.15, 0.2) is 0 Å². The summed E-state index contributed by atoms with van der Waals surface area (Å²) in [5.74, 6) is 2.46. The van der Waals surface area contributed by atoms with E-state index in [-0.39, 0.29) is 0 Å². The van der Waals surface area contributed by atoms with Gasteiger partial charge in [-0.3, -0.25) is 4.57 Å². The number of nitrogens with one attached hydrogen (secondary N) is 1. The summed E-state index contributed by atoms with van der Waals surface area (Å²) in [6, 6.07) is 4.06. The number of anilines is 1. The van der Waals surface area contributed by atoms with E-state index in [9.17, 15) is 0 Å².